The fraction of sp³-hybridized carbons (Fsp3) is 0.562. The number of hydrogen-bond acceptors (Lipinski definition) is 2. The zero-order valence-electron chi connectivity index (χ0n) is 11.6. The monoisotopic (exact) mass is 245 g/mol. The molecular weight excluding hydrogens is 222 g/mol. The molecule has 1 heterocycles. The van der Waals surface area contributed by atoms with Crippen LogP contribution in [0.3, 0.4) is 0 Å². The Labute approximate surface area is 110 Å². The van der Waals surface area contributed by atoms with E-state index in [0.717, 1.165) is 31.9 Å². The molecule has 0 radical (unpaired) electrons. The lowest BCUT2D eigenvalue weighted by atomic mass is 9.77. The predicted molar refractivity (Wildman–Crippen MR) is 76.1 cm³/mol. The molecule has 0 aliphatic carbocycles. The number of aliphatic imine (C=N–C) groups is 1. The third kappa shape index (κ3) is 2.74. The summed E-state index contributed by atoms with van der Waals surface area (Å²) in [4.78, 5) is 4.52. The molecule has 2 rings (SSSR count). The van der Waals surface area contributed by atoms with Crippen molar-refractivity contribution < 1.29 is 4.74 Å². The first kappa shape index (κ1) is 13.1. The van der Waals surface area contributed by atoms with E-state index in [-0.39, 0.29) is 5.41 Å². The molecule has 2 heteroatoms. The van der Waals surface area contributed by atoms with Crippen molar-refractivity contribution in [2.75, 3.05) is 13.2 Å². The van der Waals surface area contributed by atoms with E-state index in [1.54, 1.807) is 0 Å². The molecule has 0 fully saturated rings. The standard InChI is InChI=1S/C16H23NO/c1-4-16(3,15-17-10-11-18-15)12-13(2)14-8-6-5-7-9-14/h5-9,13H,4,10-12H2,1-3H3. The summed E-state index contributed by atoms with van der Waals surface area (Å²) < 4.78 is 5.70. The van der Waals surface area contributed by atoms with Gasteiger partial charge in [0.1, 0.15) is 6.61 Å². The Kier molecular flexibility index (Phi) is 4.05. The minimum absolute atomic E-state index is 0.0752. The molecule has 0 aromatic heterocycles. The van der Waals surface area contributed by atoms with Crippen molar-refractivity contribution in [1.29, 1.82) is 0 Å². The van der Waals surface area contributed by atoms with Gasteiger partial charge in [-0.1, -0.05) is 51.1 Å². The first-order valence-electron chi connectivity index (χ1n) is 6.88. The topological polar surface area (TPSA) is 21.6 Å². The molecule has 0 saturated carbocycles. The molecule has 0 bridgehead atoms. The zero-order valence-corrected chi connectivity index (χ0v) is 11.6. The number of rotatable bonds is 5. The smallest absolute Gasteiger partial charge is 0.189 e. The van der Waals surface area contributed by atoms with E-state index in [1.165, 1.54) is 5.56 Å². The van der Waals surface area contributed by atoms with Crippen molar-refractivity contribution in [3.63, 3.8) is 0 Å². The third-order valence-corrected chi connectivity index (χ3v) is 4.01. The molecule has 0 spiro atoms. The second-order valence-corrected chi connectivity index (χ2v) is 5.47. The minimum atomic E-state index is 0.0752. The van der Waals surface area contributed by atoms with Gasteiger partial charge < -0.3 is 4.74 Å². The van der Waals surface area contributed by atoms with Gasteiger partial charge in [-0.05, 0) is 24.3 Å². The maximum absolute atomic E-state index is 5.70. The Morgan fingerprint density at radius 2 is 2.06 bits per heavy atom. The summed E-state index contributed by atoms with van der Waals surface area (Å²) in [6.45, 7) is 8.37. The van der Waals surface area contributed by atoms with Gasteiger partial charge in [-0.15, -0.1) is 0 Å². The van der Waals surface area contributed by atoms with Crippen LogP contribution >= 0.6 is 0 Å². The predicted octanol–water partition coefficient (Wildman–Crippen LogP) is 4.03. The lowest BCUT2D eigenvalue weighted by Gasteiger charge is -2.30. The minimum Gasteiger partial charge on any atom is -0.479 e. The number of ether oxygens (including phenoxy) is 1. The normalized spacial score (nSPS) is 19.8. The lowest BCUT2D eigenvalue weighted by Crippen LogP contribution is -2.29. The molecule has 1 aromatic carbocycles. The summed E-state index contributed by atoms with van der Waals surface area (Å²) in [7, 11) is 0. The maximum atomic E-state index is 5.70. The van der Waals surface area contributed by atoms with Gasteiger partial charge in [0.15, 0.2) is 5.90 Å². The molecular formula is C16H23NO. The van der Waals surface area contributed by atoms with E-state index in [9.17, 15) is 0 Å². The van der Waals surface area contributed by atoms with Crippen molar-refractivity contribution in [3.05, 3.63) is 35.9 Å². The molecule has 2 nitrogen and oxygen atoms in total. The van der Waals surface area contributed by atoms with Crippen LogP contribution in [0.15, 0.2) is 35.3 Å². The molecule has 1 aromatic rings. The van der Waals surface area contributed by atoms with Gasteiger partial charge >= 0.3 is 0 Å². The second kappa shape index (κ2) is 5.55. The molecule has 1 aliphatic rings. The molecule has 0 amide bonds. The van der Waals surface area contributed by atoms with Crippen LogP contribution in [0.25, 0.3) is 0 Å². The summed E-state index contributed by atoms with van der Waals surface area (Å²) in [5.41, 5.74) is 1.47. The fourth-order valence-electron chi connectivity index (χ4n) is 2.66. The highest BCUT2D eigenvalue weighted by Crippen LogP contribution is 2.37. The van der Waals surface area contributed by atoms with E-state index >= 15 is 0 Å². The van der Waals surface area contributed by atoms with Crippen molar-refractivity contribution in [1.82, 2.24) is 0 Å². The quantitative estimate of drug-likeness (QED) is 0.767. The van der Waals surface area contributed by atoms with E-state index in [2.05, 4.69) is 56.1 Å². The molecule has 2 unspecified atom stereocenters. The number of hydrogen-bond donors (Lipinski definition) is 0. The highest BCUT2D eigenvalue weighted by molar-refractivity contribution is 5.83. The highest BCUT2D eigenvalue weighted by atomic mass is 16.5. The molecule has 18 heavy (non-hydrogen) atoms. The van der Waals surface area contributed by atoms with Crippen LogP contribution in [0.5, 0.6) is 0 Å². The van der Waals surface area contributed by atoms with Gasteiger partial charge in [-0.3, -0.25) is 4.99 Å². The van der Waals surface area contributed by atoms with Crippen LogP contribution in [0, 0.1) is 5.41 Å². The molecule has 0 N–H and O–H groups in total. The third-order valence-electron chi connectivity index (χ3n) is 4.01. The highest BCUT2D eigenvalue weighted by Gasteiger charge is 2.34. The van der Waals surface area contributed by atoms with Gasteiger partial charge in [0, 0.05) is 5.41 Å². The van der Waals surface area contributed by atoms with E-state index in [0.29, 0.717) is 5.92 Å². The molecule has 2 atom stereocenters. The van der Waals surface area contributed by atoms with Crippen molar-refractivity contribution in [2.45, 2.75) is 39.5 Å². The Bertz CT molecular complexity index is 412. The zero-order chi connectivity index (χ0) is 13.0. The fourth-order valence-corrected chi connectivity index (χ4v) is 2.66. The number of nitrogens with zero attached hydrogens (tertiary/aromatic N) is 1. The van der Waals surface area contributed by atoms with E-state index in [4.69, 9.17) is 4.74 Å². The van der Waals surface area contributed by atoms with Crippen LogP contribution in [-0.2, 0) is 4.74 Å². The summed E-state index contributed by atoms with van der Waals surface area (Å²) >= 11 is 0. The maximum Gasteiger partial charge on any atom is 0.189 e. The first-order valence-corrected chi connectivity index (χ1v) is 6.88. The Balaban J connectivity index is 2.10. The van der Waals surface area contributed by atoms with Crippen molar-refractivity contribution >= 4 is 5.90 Å². The molecule has 0 saturated heterocycles. The van der Waals surface area contributed by atoms with Gasteiger partial charge in [0.05, 0.1) is 6.54 Å². The van der Waals surface area contributed by atoms with Gasteiger partial charge in [0.25, 0.3) is 0 Å². The van der Waals surface area contributed by atoms with E-state index in [1.807, 2.05) is 0 Å². The molecule has 98 valence electrons. The number of benzene rings is 1. The largest absolute Gasteiger partial charge is 0.479 e. The summed E-state index contributed by atoms with van der Waals surface area (Å²) in [6.07, 6.45) is 2.16. The lowest BCUT2D eigenvalue weighted by molar-refractivity contribution is 0.261. The molecule has 1 aliphatic heterocycles. The summed E-state index contributed by atoms with van der Waals surface area (Å²) in [5.74, 6) is 1.50. The summed E-state index contributed by atoms with van der Waals surface area (Å²) in [5, 5.41) is 0. The first-order chi connectivity index (χ1) is 8.65. The van der Waals surface area contributed by atoms with Gasteiger partial charge in [-0.25, -0.2) is 0 Å². The van der Waals surface area contributed by atoms with Crippen molar-refractivity contribution in [2.24, 2.45) is 10.4 Å². The Morgan fingerprint density at radius 1 is 1.33 bits per heavy atom. The van der Waals surface area contributed by atoms with Gasteiger partial charge in [-0.2, -0.15) is 0 Å². The summed E-state index contributed by atoms with van der Waals surface area (Å²) in [6, 6.07) is 10.7. The van der Waals surface area contributed by atoms with Gasteiger partial charge in [0.2, 0.25) is 0 Å². The van der Waals surface area contributed by atoms with Crippen LogP contribution in [0.2, 0.25) is 0 Å². The average molecular weight is 245 g/mol. The average Bonchev–Trinajstić information content (AvgIpc) is 2.94. The van der Waals surface area contributed by atoms with Crippen LogP contribution in [0.1, 0.15) is 45.1 Å². The van der Waals surface area contributed by atoms with Crippen molar-refractivity contribution in [3.8, 4) is 0 Å². The van der Waals surface area contributed by atoms with Crippen LogP contribution < -0.4 is 0 Å². The Hall–Kier alpha value is -1.31. The van der Waals surface area contributed by atoms with E-state index < -0.39 is 0 Å². The Morgan fingerprint density at radius 3 is 2.61 bits per heavy atom. The second-order valence-electron chi connectivity index (χ2n) is 5.47. The SMILES string of the molecule is CCC(C)(CC(C)c1ccccc1)C1=NCCO1. The van der Waals surface area contributed by atoms with Crippen LogP contribution in [-0.4, -0.2) is 19.0 Å². The van der Waals surface area contributed by atoms with Crippen LogP contribution in [0.4, 0.5) is 0 Å².